The summed E-state index contributed by atoms with van der Waals surface area (Å²) in [4.78, 5) is 95.0. The van der Waals surface area contributed by atoms with Gasteiger partial charge >= 0.3 is 0 Å². The zero-order valence-electron chi connectivity index (χ0n) is 32.2. The number of halogens is 1. The molecule has 312 valence electrons. The van der Waals surface area contributed by atoms with Crippen molar-refractivity contribution < 1.29 is 38.7 Å². The lowest BCUT2D eigenvalue weighted by Gasteiger charge is -2.26. The van der Waals surface area contributed by atoms with E-state index in [0.717, 1.165) is 11.1 Å². The topological polar surface area (TPSA) is 303 Å². The van der Waals surface area contributed by atoms with E-state index in [0.29, 0.717) is 36.5 Å². The Balaban J connectivity index is 1.56. The molecule has 0 saturated heterocycles. The lowest BCUT2D eigenvalue weighted by atomic mass is 10.0. The van der Waals surface area contributed by atoms with Crippen LogP contribution in [0.25, 0.3) is 11.1 Å². The third-order valence-electron chi connectivity index (χ3n) is 8.77. The van der Waals surface area contributed by atoms with Gasteiger partial charge < -0.3 is 54.2 Å². The monoisotopic (exact) mass is 822 g/mol. The Hall–Kier alpha value is -5.79. The van der Waals surface area contributed by atoms with Gasteiger partial charge in [-0.25, -0.2) is 0 Å². The van der Waals surface area contributed by atoms with Gasteiger partial charge in [-0.2, -0.15) is 0 Å². The van der Waals surface area contributed by atoms with Crippen LogP contribution in [0.4, 0.5) is 0 Å². The first kappa shape index (κ1) is 46.6. The lowest BCUT2D eigenvalue weighted by molar-refractivity contribution is -0.140. The number of aliphatic hydroxyl groups is 1. The SMILES string of the molecule is CC(NC(=O)C(CCCCN)NC(=O)C(N)NC(=O)C(NC(=O)C(CN)NC(=O)c1ccc(-c2ccc(Cl)cc2)cc1)C(C)O)C(=O)C(=O)NCCc1ccccn1. The van der Waals surface area contributed by atoms with Crippen LogP contribution in [0.3, 0.4) is 0 Å². The van der Waals surface area contributed by atoms with Gasteiger partial charge in [-0.15, -0.1) is 0 Å². The van der Waals surface area contributed by atoms with Crippen molar-refractivity contribution in [1.29, 1.82) is 0 Å². The molecule has 0 radical (unpaired) electrons. The van der Waals surface area contributed by atoms with Crippen LogP contribution in [-0.2, 0) is 35.2 Å². The van der Waals surface area contributed by atoms with Crippen LogP contribution < -0.4 is 49.1 Å². The van der Waals surface area contributed by atoms with E-state index in [9.17, 15) is 38.7 Å². The molecule has 3 rings (SSSR count). The van der Waals surface area contributed by atoms with Gasteiger partial charge in [0.1, 0.15) is 18.1 Å². The molecule has 1 aromatic heterocycles. The number of unbranched alkanes of at least 4 members (excludes halogenated alkanes) is 1. The number of aliphatic hydroxyl groups excluding tert-OH is 1. The summed E-state index contributed by atoms with van der Waals surface area (Å²) < 4.78 is 0. The quantitative estimate of drug-likeness (QED) is 0.0324. The molecule has 6 atom stereocenters. The highest BCUT2D eigenvalue weighted by molar-refractivity contribution is 6.38. The number of nitrogens with one attached hydrogen (secondary N) is 6. The molecular weight excluding hydrogens is 772 g/mol. The smallest absolute Gasteiger partial charge is 0.289 e. The Morgan fingerprint density at radius 3 is 1.97 bits per heavy atom. The second-order valence-electron chi connectivity index (χ2n) is 13.3. The Labute approximate surface area is 340 Å². The van der Waals surface area contributed by atoms with Crippen molar-refractivity contribution in [3.8, 4) is 11.1 Å². The average Bonchev–Trinajstić information content (AvgIpc) is 3.21. The molecule has 6 amide bonds. The van der Waals surface area contributed by atoms with Crippen LogP contribution in [0, 0.1) is 0 Å². The van der Waals surface area contributed by atoms with Gasteiger partial charge in [0.25, 0.3) is 17.7 Å². The van der Waals surface area contributed by atoms with Crippen molar-refractivity contribution in [3.63, 3.8) is 0 Å². The number of Topliss-reactive ketones (excluding diaryl/α,β-unsaturated/α-hetero) is 1. The van der Waals surface area contributed by atoms with Crippen LogP contribution >= 0.6 is 11.6 Å². The Bertz CT molecular complexity index is 1870. The van der Waals surface area contributed by atoms with Gasteiger partial charge in [-0.1, -0.05) is 41.9 Å². The summed E-state index contributed by atoms with van der Waals surface area (Å²) in [7, 11) is 0. The molecule has 0 bridgehead atoms. The van der Waals surface area contributed by atoms with Gasteiger partial charge in [-0.05, 0) is 87.2 Å². The summed E-state index contributed by atoms with van der Waals surface area (Å²) in [5.74, 6) is -6.26. The average molecular weight is 823 g/mol. The second kappa shape index (κ2) is 23.4. The molecule has 0 aliphatic carbocycles. The first-order valence-electron chi connectivity index (χ1n) is 18.6. The number of nitrogens with two attached hydrogens (primary N) is 3. The molecule has 13 N–H and O–H groups in total. The predicted molar refractivity (Wildman–Crippen MR) is 215 cm³/mol. The second-order valence-corrected chi connectivity index (χ2v) is 13.8. The molecule has 0 fully saturated rings. The molecule has 18 nitrogen and oxygen atoms in total. The Kier molecular flexibility index (Phi) is 18.8. The first-order chi connectivity index (χ1) is 27.6. The lowest BCUT2D eigenvalue weighted by Crippen LogP contribution is -2.63. The summed E-state index contributed by atoms with van der Waals surface area (Å²) in [5.41, 5.74) is 19.9. The number of hydrogen-bond donors (Lipinski definition) is 10. The number of nitrogens with zero attached hydrogens (tertiary/aromatic N) is 1. The fourth-order valence-corrected chi connectivity index (χ4v) is 5.56. The van der Waals surface area contributed by atoms with E-state index in [4.69, 9.17) is 28.8 Å². The van der Waals surface area contributed by atoms with Crippen LogP contribution in [0.5, 0.6) is 0 Å². The number of carbonyl (C=O) groups excluding carboxylic acids is 7. The van der Waals surface area contributed by atoms with Crippen LogP contribution in [-0.4, -0.2) is 107 Å². The maximum absolute atomic E-state index is 13.2. The summed E-state index contributed by atoms with van der Waals surface area (Å²) in [6, 6.07) is 13.5. The van der Waals surface area contributed by atoms with Gasteiger partial charge in [0, 0.05) is 42.0 Å². The van der Waals surface area contributed by atoms with Gasteiger partial charge in [0.15, 0.2) is 6.17 Å². The van der Waals surface area contributed by atoms with Crippen molar-refractivity contribution >= 4 is 52.8 Å². The van der Waals surface area contributed by atoms with Crippen molar-refractivity contribution in [2.45, 2.75) is 76.0 Å². The van der Waals surface area contributed by atoms with E-state index in [-0.39, 0.29) is 25.1 Å². The molecule has 3 aromatic rings. The maximum atomic E-state index is 13.2. The molecule has 19 heteroatoms. The Morgan fingerprint density at radius 1 is 0.741 bits per heavy atom. The van der Waals surface area contributed by atoms with E-state index in [1.807, 2.05) is 12.1 Å². The van der Waals surface area contributed by atoms with Crippen molar-refractivity contribution in [2.24, 2.45) is 17.2 Å². The van der Waals surface area contributed by atoms with Gasteiger partial charge in [0.05, 0.1) is 12.1 Å². The number of aromatic nitrogens is 1. The number of carbonyl (C=O) groups is 7. The molecule has 0 aliphatic heterocycles. The number of benzene rings is 2. The zero-order valence-corrected chi connectivity index (χ0v) is 33.0. The fraction of sp³-hybridized carbons (Fsp3) is 0.385. The molecule has 1 heterocycles. The number of pyridine rings is 1. The number of rotatable bonds is 22. The van der Waals surface area contributed by atoms with E-state index in [2.05, 4.69) is 36.9 Å². The van der Waals surface area contributed by atoms with Crippen LogP contribution in [0.2, 0.25) is 5.02 Å². The largest absolute Gasteiger partial charge is 0.391 e. The molecule has 2 aromatic carbocycles. The minimum absolute atomic E-state index is 0.0671. The summed E-state index contributed by atoms with van der Waals surface area (Å²) >= 11 is 5.96. The fourth-order valence-electron chi connectivity index (χ4n) is 5.43. The molecule has 0 aliphatic rings. The zero-order chi connectivity index (χ0) is 42.8. The van der Waals surface area contributed by atoms with Crippen molar-refractivity contribution in [1.82, 2.24) is 36.9 Å². The molecule has 0 spiro atoms. The highest BCUT2D eigenvalue weighted by Gasteiger charge is 2.33. The van der Waals surface area contributed by atoms with Crippen LogP contribution in [0.1, 0.15) is 49.2 Å². The third kappa shape index (κ3) is 14.6. The summed E-state index contributed by atoms with van der Waals surface area (Å²) in [6.07, 6.45) is -0.354. The van der Waals surface area contributed by atoms with Crippen molar-refractivity contribution in [3.05, 3.63) is 89.2 Å². The minimum Gasteiger partial charge on any atom is -0.391 e. The summed E-state index contributed by atoms with van der Waals surface area (Å²) in [5, 5.41) is 25.3. The number of amides is 6. The Morgan fingerprint density at radius 2 is 1.38 bits per heavy atom. The van der Waals surface area contributed by atoms with E-state index >= 15 is 0 Å². The van der Waals surface area contributed by atoms with Crippen molar-refractivity contribution in [2.75, 3.05) is 19.6 Å². The van der Waals surface area contributed by atoms with Gasteiger partial charge in [-0.3, -0.25) is 38.5 Å². The highest BCUT2D eigenvalue weighted by atomic mass is 35.5. The number of hydrogen-bond acceptors (Lipinski definition) is 12. The standard InChI is InChI=1S/C39H51ClN10O8/c1-22(32(52)38(57)45-20-17-28-7-4-6-19-44-28)46-35(54)29(8-3-5-18-41)47-39(58)33(43)50-37(56)31(23(2)51)49-36(55)30(21-42)48-34(53)26-11-9-24(10-12-26)25-13-15-27(40)16-14-25/h4,6-7,9-16,19,22-23,29-31,33,51H,3,5,8,17-18,20-21,41-43H2,1-2H3,(H,45,57)(H,46,54)(H,47,58)(H,48,53)(H,49,55)(H,50,56). The minimum atomic E-state index is -1.78. The van der Waals surface area contributed by atoms with E-state index < -0.39 is 77.7 Å². The first-order valence-corrected chi connectivity index (χ1v) is 19.0. The predicted octanol–water partition coefficient (Wildman–Crippen LogP) is -1.23. The third-order valence-corrected chi connectivity index (χ3v) is 9.03. The van der Waals surface area contributed by atoms with Gasteiger partial charge in [0.2, 0.25) is 23.5 Å². The van der Waals surface area contributed by atoms with Crippen LogP contribution in [0.15, 0.2) is 72.9 Å². The highest BCUT2D eigenvalue weighted by Crippen LogP contribution is 2.22. The molecular formula is C39H51ClN10O8. The molecule has 6 unspecified atom stereocenters. The summed E-state index contributed by atoms with van der Waals surface area (Å²) in [6.45, 7) is 2.58. The normalized spacial score (nSPS) is 14.0. The molecule has 58 heavy (non-hydrogen) atoms. The van der Waals surface area contributed by atoms with E-state index in [1.54, 1.807) is 60.8 Å². The maximum Gasteiger partial charge on any atom is 0.289 e. The van der Waals surface area contributed by atoms with E-state index in [1.165, 1.54) is 13.8 Å². The molecule has 0 saturated carbocycles. The number of ketones is 1.